The van der Waals surface area contributed by atoms with Gasteiger partial charge in [0.25, 0.3) is 0 Å². The van der Waals surface area contributed by atoms with Crippen LogP contribution in [0, 0.1) is 6.92 Å². The van der Waals surface area contributed by atoms with Gasteiger partial charge >= 0.3 is 5.63 Å². The Kier molecular flexibility index (Phi) is 4.14. The molecule has 1 amide bonds. The van der Waals surface area contributed by atoms with E-state index in [1.54, 1.807) is 10.7 Å². The topological polar surface area (TPSA) is 77.1 Å². The molecule has 0 spiro atoms. The second-order valence-electron chi connectivity index (χ2n) is 5.66. The molecule has 120 valence electrons. The van der Waals surface area contributed by atoms with Crippen molar-refractivity contribution in [2.45, 2.75) is 33.2 Å². The van der Waals surface area contributed by atoms with E-state index in [1.165, 1.54) is 6.20 Å². The lowest BCUT2D eigenvalue weighted by molar-refractivity contribution is -0.121. The Morgan fingerprint density at radius 1 is 1.35 bits per heavy atom. The maximum atomic E-state index is 12.1. The van der Waals surface area contributed by atoms with E-state index in [0.717, 1.165) is 23.8 Å². The zero-order valence-corrected chi connectivity index (χ0v) is 13.3. The molecule has 0 atom stereocenters. The number of unbranched alkanes of at least 4 members (excludes halogenated alkanes) is 1. The minimum Gasteiger partial charge on any atom is -0.422 e. The van der Waals surface area contributed by atoms with E-state index in [1.807, 2.05) is 19.1 Å². The first-order valence-corrected chi connectivity index (χ1v) is 7.76. The van der Waals surface area contributed by atoms with Crippen LogP contribution in [0.4, 0.5) is 0 Å². The summed E-state index contributed by atoms with van der Waals surface area (Å²) in [6, 6.07) is 5.59. The Hall–Kier alpha value is -2.63. The first kappa shape index (κ1) is 15.3. The van der Waals surface area contributed by atoms with Crippen LogP contribution in [0.15, 0.2) is 33.6 Å². The molecule has 1 N–H and O–H groups in total. The summed E-state index contributed by atoms with van der Waals surface area (Å²) in [4.78, 5) is 24.1. The number of amides is 1. The van der Waals surface area contributed by atoms with E-state index in [9.17, 15) is 9.59 Å². The third-order valence-electron chi connectivity index (χ3n) is 3.80. The number of benzene rings is 1. The Morgan fingerprint density at radius 3 is 2.96 bits per heavy atom. The van der Waals surface area contributed by atoms with Crippen molar-refractivity contribution >= 4 is 27.8 Å². The van der Waals surface area contributed by atoms with Crippen molar-refractivity contribution < 1.29 is 9.21 Å². The zero-order chi connectivity index (χ0) is 16.4. The summed E-state index contributed by atoms with van der Waals surface area (Å²) < 4.78 is 6.88. The Bertz CT molecular complexity index is 924. The SMILES string of the molecule is CCCCNC(=O)Cn1ncc2c(=O)oc3ccc(C)cc3c21. The van der Waals surface area contributed by atoms with Gasteiger partial charge in [-0.2, -0.15) is 5.10 Å². The lowest BCUT2D eigenvalue weighted by atomic mass is 10.1. The van der Waals surface area contributed by atoms with Gasteiger partial charge in [0.15, 0.2) is 0 Å². The van der Waals surface area contributed by atoms with Gasteiger partial charge in [-0.3, -0.25) is 9.48 Å². The number of nitrogens with zero attached hydrogens (tertiary/aromatic N) is 2. The van der Waals surface area contributed by atoms with Crippen molar-refractivity contribution in [3.05, 3.63) is 40.4 Å². The highest BCUT2D eigenvalue weighted by atomic mass is 16.4. The molecule has 0 unspecified atom stereocenters. The summed E-state index contributed by atoms with van der Waals surface area (Å²) in [6.07, 6.45) is 3.43. The lowest BCUT2D eigenvalue weighted by Crippen LogP contribution is -2.28. The van der Waals surface area contributed by atoms with Crippen LogP contribution in [-0.4, -0.2) is 22.2 Å². The van der Waals surface area contributed by atoms with Crippen molar-refractivity contribution in [1.29, 1.82) is 0 Å². The second kappa shape index (κ2) is 6.24. The first-order valence-electron chi connectivity index (χ1n) is 7.76. The lowest BCUT2D eigenvalue weighted by Gasteiger charge is -2.07. The van der Waals surface area contributed by atoms with E-state index >= 15 is 0 Å². The maximum absolute atomic E-state index is 12.1. The van der Waals surface area contributed by atoms with E-state index < -0.39 is 5.63 Å². The van der Waals surface area contributed by atoms with Crippen LogP contribution >= 0.6 is 0 Å². The summed E-state index contributed by atoms with van der Waals surface area (Å²) in [7, 11) is 0. The van der Waals surface area contributed by atoms with E-state index in [0.29, 0.717) is 23.0 Å². The molecule has 0 aliphatic heterocycles. The zero-order valence-electron chi connectivity index (χ0n) is 13.3. The quantitative estimate of drug-likeness (QED) is 0.579. The minimum atomic E-state index is -0.436. The summed E-state index contributed by atoms with van der Waals surface area (Å²) >= 11 is 0. The van der Waals surface area contributed by atoms with Gasteiger partial charge in [0, 0.05) is 11.9 Å². The van der Waals surface area contributed by atoms with E-state index in [-0.39, 0.29) is 12.5 Å². The average molecular weight is 313 g/mol. The number of carbonyl (C=O) groups excluding carboxylic acids is 1. The fourth-order valence-electron chi connectivity index (χ4n) is 2.61. The normalized spacial score (nSPS) is 11.2. The van der Waals surface area contributed by atoms with Gasteiger partial charge < -0.3 is 9.73 Å². The van der Waals surface area contributed by atoms with Crippen LogP contribution in [0.1, 0.15) is 25.3 Å². The molecule has 1 aromatic carbocycles. The van der Waals surface area contributed by atoms with Gasteiger partial charge in [0.2, 0.25) is 5.91 Å². The number of aromatic nitrogens is 2. The van der Waals surface area contributed by atoms with Gasteiger partial charge in [0.1, 0.15) is 17.5 Å². The third kappa shape index (κ3) is 2.97. The van der Waals surface area contributed by atoms with Crippen LogP contribution in [0.5, 0.6) is 0 Å². The van der Waals surface area contributed by atoms with Crippen LogP contribution in [0.25, 0.3) is 21.9 Å². The first-order chi connectivity index (χ1) is 11.1. The van der Waals surface area contributed by atoms with Gasteiger partial charge in [-0.15, -0.1) is 0 Å². The molecule has 0 aliphatic rings. The maximum Gasteiger partial charge on any atom is 0.347 e. The molecule has 3 rings (SSSR count). The van der Waals surface area contributed by atoms with Crippen LogP contribution in [0.2, 0.25) is 0 Å². The molecule has 2 heterocycles. The molecule has 2 aromatic heterocycles. The molecule has 0 radical (unpaired) electrons. The Morgan fingerprint density at radius 2 is 2.17 bits per heavy atom. The summed E-state index contributed by atoms with van der Waals surface area (Å²) in [6.45, 7) is 4.77. The molecule has 6 heteroatoms. The second-order valence-corrected chi connectivity index (χ2v) is 5.66. The molecule has 0 fully saturated rings. The number of aryl methyl sites for hydroxylation is 1. The average Bonchev–Trinajstić information content (AvgIpc) is 2.93. The molecule has 0 saturated heterocycles. The van der Waals surface area contributed by atoms with Crippen molar-refractivity contribution in [2.24, 2.45) is 0 Å². The number of rotatable bonds is 5. The number of carbonyl (C=O) groups is 1. The summed E-state index contributed by atoms with van der Waals surface area (Å²) in [5.41, 5.74) is 1.76. The molecular weight excluding hydrogens is 294 g/mol. The number of hydrogen-bond donors (Lipinski definition) is 1. The van der Waals surface area contributed by atoms with Crippen molar-refractivity contribution in [2.75, 3.05) is 6.54 Å². The highest BCUT2D eigenvalue weighted by Gasteiger charge is 2.15. The Balaban J connectivity index is 2.04. The monoisotopic (exact) mass is 313 g/mol. The highest BCUT2D eigenvalue weighted by molar-refractivity contribution is 6.02. The predicted octanol–water partition coefficient (Wildman–Crippen LogP) is 2.37. The standard InChI is InChI=1S/C17H19N3O3/c1-3-4-7-18-15(21)10-20-16-12-8-11(2)5-6-14(12)23-17(22)13(16)9-19-20/h5-6,8-9H,3-4,7,10H2,1-2H3,(H,18,21). The van der Waals surface area contributed by atoms with Crippen LogP contribution in [0.3, 0.4) is 0 Å². The number of fused-ring (bicyclic) bond motifs is 3. The van der Waals surface area contributed by atoms with E-state index in [4.69, 9.17) is 4.42 Å². The Labute approximate surface area is 133 Å². The molecule has 0 bridgehead atoms. The molecule has 3 aromatic rings. The molecule has 0 saturated carbocycles. The van der Waals surface area contributed by atoms with Crippen LogP contribution < -0.4 is 10.9 Å². The molecule has 6 nitrogen and oxygen atoms in total. The van der Waals surface area contributed by atoms with E-state index in [2.05, 4.69) is 17.3 Å². The third-order valence-corrected chi connectivity index (χ3v) is 3.80. The largest absolute Gasteiger partial charge is 0.422 e. The van der Waals surface area contributed by atoms with Gasteiger partial charge in [-0.25, -0.2) is 4.79 Å². The molecule has 23 heavy (non-hydrogen) atoms. The highest BCUT2D eigenvalue weighted by Crippen LogP contribution is 2.23. The molecular formula is C17H19N3O3. The van der Waals surface area contributed by atoms with Gasteiger partial charge in [0.05, 0.1) is 11.7 Å². The predicted molar refractivity (Wildman–Crippen MR) is 88.4 cm³/mol. The summed E-state index contributed by atoms with van der Waals surface area (Å²) in [5, 5.41) is 8.24. The fraction of sp³-hybridized carbons (Fsp3) is 0.353. The molecule has 0 aliphatic carbocycles. The smallest absolute Gasteiger partial charge is 0.347 e. The van der Waals surface area contributed by atoms with Gasteiger partial charge in [-0.1, -0.05) is 25.0 Å². The van der Waals surface area contributed by atoms with Crippen molar-refractivity contribution in [1.82, 2.24) is 15.1 Å². The van der Waals surface area contributed by atoms with Crippen molar-refractivity contribution in [3.63, 3.8) is 0 Å². The number of hydrogen-bond acceptors (Lipinski definition) is 4. The van der Waals surface area contributed by atoms with Gasteiger partial charge in [-0.05, 0) is 25.5 Å². The fourth-order valence-corrected chi connectivity index (χ4v) is 2.61. The van der Waals surface area contributed by atoms with Crippen molar-refractivity contribution in [3.8, 4) is 0 Å². The minimum absolute atomic E-state index is 0.0830. The van der Waals surface area contributed by atoms with Crippen LogP contribution in [-0.2, 0) is 11.3 Å². The number of nitrogens with one attached hydrogen (secondary N) is 1. The summed E-state index contributed by atoms with van der Waals surface area (Å²) in [5.74, 6) is -0.113.